The number of hydrogen-bond acceptors (Lipinski definition) is 6. The Hall–Kier alpha value is -2.83. The first-order valence-corrected chi connectivity index (χ1v) is 8.81. The molecule has 1 aromatic carbocycles. The van der Waals surface area contributed by atoms with Crippen molar-refractivity contribution >= 4 is 11.9 Å². The minimum atomic E-state index is -0.257. The SMILES string of the molecule is CC(C)COC(=O)N1CCN(c2cncc(-c3ccccc3O)n2)CC1.[HH]. The molecule has 0 saturated carbocycles. The zero-order chi connectivity index (χ0) is 18.5. The molecule has 140 valence electrons. The second-order valence-corrected chi connectivity index (χ2v) is 6.72. The molecule has 7 nitrogen and oxygen atoms in total. The standard InChI is InChI=1S/C19H24N4O3.H2/c1-14(2)13-26-19(25)23-9-7-22(8-10-23)18-12-20-11-16(21-18)15-5-3-4-6-17(15)24;/h3-6,11-12,14,24H,7-10,13H2,1-2H3;1H. The van der Waals surface area contributed by atoms with E-state index in [0.717, 1.165) is 5.82 Å². The first-order valence-electron chi connectivity index (χ1n) is 8.81. The second kappa shape index (κ2) is 8.03. The van der Waals surface area contributed by atoms with Gasteiger partial charge < -0.3 is 19.6 Å². The number of anilines is 1. The lowest BCUT2D eigenvalue weighted by Crippen LogP contribution is -2.49. The summed E-state index contributed by atoms with van der Waals surface area (Å²) in [5.41, 5.74) is 1.28. The van der Waals surface area contributed by atoms with Gasteiger partial charge in [0.25, 0.3) is 0 Å². The fourth-order valence-electron chi connectivity index (χ4n) is 2.78. The van der Waals surface area contributed by atoms with Crippen molar-refractivity contribution in [2.75, 3.05) is 37.7 Å². The average Bonchev–Trinajstić information content (AvgIpc) is 2.66. The lowest BCUT2D eigenvalue weighted by molar-refractivity contribution is 0.0901. The Morgan fingerprint density at radius 1 is 1.23 bits per heavy atom. The first-order chi connectivity index (χ1) is 12.5. The predicted octanol–water partition coefficient (Wildman–Crippen LogP) is 3.01. The van der Waals surface area contributed by atoms with E-state index in [1.165, 1.54) is 0 Å². The lowest BCUT2D eigenvalue weighted by atomic mass is 10.1. The van der Waals surface area contributed by atoms with Crippen LogP contribution in [0.15, 0.2) is 36.7 Å². The number of aromatic hydroxyl groups is 1. The van der Waals surface area contributed by atoms with Crippen molar-refractivity contribution in [2.24, 2.45) is 5.92 Å². The molecule has 1 aromatic heterocycles. The highest BCUT2D eigenvalue weighted by Crippen LogP contribution is 2.27. The Bertz CT molecular complexity index is 764. The van der Waals surface area contributed by atoms with Crippen LogP contribution in [0.5, 0.6) is 5.75 Å². The van der Waals surface area contributed by atoms with E-state index in [4.69, 9.17) is 4.74 Å². The molecule has 0 radical (unpaired) electrons. The maximum absolute atomic E-state index is 12.1. The lowest BCUT2D eigenvalue weighted by Gasteiger charge is -2.34. The molecule has 26 heavy (non-hydrogen) atoms. The summed E-state index contributed by atoms with van der Waals surface area (Å²) in [5, 5.41) is 10.0. The molecule has 1 aliphatic heterocycles. The summed E-state index contributed by atoms with van der Waals surface area (Å²) in [7, 11) is 0. The van der Waals surface area contributed by atoms with Gasteiger partial charge in [0.15, 0.2) is 0 Å². The van der Waals surface area contributed by atoms with Gasteiger partial charge in [0.2, 0.25) is 0 Å². The van der Waals surface area contributed by atoms with Gasteiger partial charge in [-0.25, -0.2) is 9.78 Å². The fourth-order valence-corrected chi connectivity index (χ4v) is 2.78. The highest BCUT2D eigenvalue weighted by atomic mass is 16.6. The molecule has 3 rings (SSSR count). The molecule has 1 saturated heterocycles. The van der Waals surface area contributed by atoms with Crippen molar-refractivity contribution in [3.63, 3.8) is 0 Å². The van der Waals surface area contributed by atoms with Gasteiger partial charge >= 0.3 is 6.09 Å². The number of carbonyl (C=O) groups is 1. The monoisotopic (exact) mass is 358 g/mol. The summed E-state index contributed by atoms with van der Waals surface area (Å²) in [4.78, 5) is 24.7. The Morgan fingerprint density at radius 3 is 2.65 bits per heavy atom. The minimum Gasteiger partial charge on any atom is -0.507 e. The number of para-hydroxylation sites is 1. The van der Waals surface area contributed by atoms with E-state index in [1.54, 1.807) is 29.4 Å². The number of piperazine rings is 1. The molecule has 0 aliphatic carbocycles. The number of benzene rings is 1. The van der Waals surface area contributed by atoms with E-state index in [9.17, 15) is 9.90 Å². The molecule has 1 fully saturated rings. The summed E-state index contributed by atoms with van der Waals surface area (Å²) in [6.07, 6.45) is 3.08. The van der Waals surface area contributed by atoms with Crippen molar-refractivity contribution in [1.82, 2.24) is 14.9 Å². The van der Waals surface area contributed by atoms with Crippen molar-refractivity contribution < 1.29 is 16.1 Å². The third-order valence-electron chi connectivity index (χ3n) is 4.20. The maximum Gasteiger partial charge on any atom is 0.409 e. The summed E-state index contributed by atoms with van der Waals surface area (Å²) in [6.45, 7) is 6.96. The topological polar surface area (TPSA) is 78.8 Å². The van der Waals surface area contributed by atoms with Crippen molar-refractivity contribution in [3.05, 3.63) is 36.7 Å². The quantitative estimate of drug-likeness (QED) is 0.905. The van der Waals surface area contributed by atoms with E-state index in [0.29, 0.717) is 50.0 Å². The molecule has 0 atom stereocenters. The molecule has 1 aliphatic rings. The van der Waals surface area contributed by atoms with Gasteiger partial charge in [-0.3, -0.25) is 4.98 Å². The molecule has 0 unspecified atom stereocenters. The molecule has 7 heteroatoms. The van der Waals surface area contributed by atoms with Gasteiger partial charge in [0.1, 0.15) is 11.6 Å². The van der Waals surface area contributed by atoms with Gasteiger partial charge in [-0.1, -0.05) is 26.0 Å². The molecule has 1 amide bonds. The van der Waals surface area contributed by atoms with Gasteiger partial charge in [-0.15, -0.1) is 0 Å². The summed E-state index contributed by atoms with van der Waals surface area (Å²) in [5.74, 6) is 1.24. The van der Waals surface area contributed by atoms with Crippen LogP contribution in [0.25, 0.3) is 11.3 Å². The third kappa shape index (κ3) is 4.22. The van der Waals surface area contributed by atoms with Gasteiger partial charge in [0, 0.05) is 33.2 Å². The first kappa shape index (κ1) is 18.0. The smallest absolute Gasteiger partial charge is 0.409 e. The molecule has 0 spiro atoms. The van der Waals surface area contributed by atoms with E-state index in [-0.39, 0.29) is 13.3 Å². The van der Waals surface area contributed by atoms with Crippen LogP contribution >= 0.6 is 0 Å². The number of phenolic OH excluding ortho intramolecular Hbond substituents is 1. The Morgan fingerprint density at radius 2 is 1.96 bits per heavy atom. The molecular weight excluding hydrogens is 332 g/mol. The number of aromatic nitrogens is 2. The fraction of sp³-hybridized carbons (Fsp3) is 0.421. The minimum absolute atomic E-state index is 0. The van der Waals surface area contributed by atoms with Crippen LogP contribution in [0, 0.1) is 5.92 Å². The van der Waals surface area contributed by atoms with Crippen LogP contribution < -0.4 is 4.90 Å². The number of ether oxygens (including phenoxy) is 1. The maximum atomic E-state index is 12.1. The number of carbonyl (C=O) groups excluding carboxylic acids is 1. The predicted molar refractivity (Wildman–Crippen MR) is 101 cm³/mol. The van der Waals surface area contributed by atoms with E-state index in [1.807, 2.05) is 26.0 Å². The number of hydrogen-bond donors (Lipinski definition) is 1. The summed E-state index contributed by atoms with van der Waals surface area (Å²) >= 11 is 0. The van der Waals surface area contributed by atoms with Gasteiger partial charge in [0.05, 0.1) is 24.7 Å². The van der Waals surface area contributed by atoms with Crippen LogP contribution in [0.3, 0.4) is 0 Å². The summed E-state index contributed by atoms with van der Waals surface area (Å²) in [6, 6.07) is 7.07. The number of phenols is 1. The zero-order valence-electron chi connectivity index (χ0n) is 15.1. The van der Waals surface area contributed by atoms with Crippen LogP contribution in [0.2, 0.25) is 0 Å². The highest BCUT2D eigenvalue weighted by Gasteiger charge is 2.23. The normalized spacial score (nSPS) is 14.6. The average molecular weight is 358 g/mol. The Labute approximate surface area is 154 Å². The van der Waals surface area contributed by atoms with Crippen LogP contribution in [0.4, 0.5) is 10.6 Å². The molecule has 2 aromatic rings. The van der Waals surface area contributed by atoms with E-state index in [2.05, 4.69) is 14.9 Å². The molecule has 0 bridgehead atoms. The van der Waals surface area contributed by atoms with Gasteiger partial charge in [-0.2, -0.15) is 0 Å². The van der Waals surface area contributed by atoms with Gasteiger partial charge in [-0.05, 0) is 18.1 Å². The zero-order valence-corrected chi connectivity index (χ0v) is 15.1. The highest BCUT2D eigenvalue weighted by molar-refractivity contribution is 5.69. The Kier molecular flexibility index (Phi) is 5.55. The number of nitrogens with zero attached hydrogens (tertiary/aromatic N) is 4. The van der Waals surface area contributed by atoms with Crippen LogP contribution in [-0.2, 0) is 4.74 Å². The van der Waals surface area contributed by atoms with Crippen molar-refractivity contribution in [2.45, 2.75) is 13.8 Å². The second-order valence-electron chi connectivity index (χ2n) is 6.72. The molecular formula is C19H26N4O3. The summed E-state index contributed by atoms with van der Waals surface area (Å²) < 4.78 is 5.29. The largest absolute Gasteiger partial charge is 0.507 e. The van der Waals surface area contributed by atoms with E-state index < -0.39 is 0 Å². The van der Waals surface area contributed by atoms with E-state index >= 15 is 0 Å². The van der Waals surface area contributed by atoms with Crippen molar-refractivity contribution in [3.8, 4) is 17.0 Å². The number of amides is 1. The van der Waals surface area contributed by atoms with Crippen LogP contribution in [0.1, 0.15) is 15.3 Å². The number of rotatable bonds is 4. The Balaban J connectivity index is 0.00000261. The molecule has 1 N–H and O–H groups in total. The van der Waals surface area contributed by atoms with Crippen LogP contribution in [-0.4, -0.2) is 58.9 Å². The molecule has 2 heterocycles. The van der Waals surface area contributed by atoms with Crippen molar-refractivity contribution in [1.29, 1.82) is 0 Å². The third-order valence-corrected chi connectivity index (χ3v) is 4.20.